The molecule has 1 aromatic heterocycles. The van der Waals surface area contributed by atoms with Gasteiger partial charge < -0.3 is 50.9 Å². The van der Waals surface area contributed by atoms with Crippen LogP contribution in [0.25, 0.3) is 0 Å². The molecule has 4 heterocycles. The summed E-state index contributed by atoms with van der Waals surface area (Å²) < 4.78 is 5.73. The van der Waals surface area contributed by atoms with E-state index in [1.165, 1.54) is 29.2 Å². The molecule has 28 heteroatoms. The van der Waals surface area contributed by atoms with Crippen molar-refractivity contribution < 1.29 is 122 Å². The predicted octanol–water partition coefficient (Wildman–Crippen LogP) is -11.0. The van der Waals surface area contributed by atoms with Gasteiger partial charge in [0.05, 0.1) is 23.7 Å². The number of piperazine rings is 1. The molecule has 0 radical (unpaired) electrons. The van der Waals surface area contributed by atoms with Crippen LogP contribution in [0, 0.1) is 0 Å². The second-order valence-corrected chi connectivity index (χ2v) is 14.0. The molecule has 0 unspecified atom stereocenters. The Morgan fingerprint density at radius 2 is 1.76 bits per heavy atom. The SMILES string of the molecule is CCN1CCN(C(=O)N[C@@H](C(=O)N[C@@H]2C(=O)N3C(C(=O)[O-])=C(CSc4nnnn4CC(=O)O)CS[C@@H]23)c2ccc(NC(=O)OC[C@@H](N)C(=O)[O-])cc2)C(=O)C1=O.[Na+].[Na+]. The minimum absolute atomic E-state index is 0. The minimum Gasteiger partial charge on any atom is -0.548 e. The molecule has 6 N–H and O–H groups in total. The van der Waals surface area contributed by atoms with E-state index in [-0.39, 0.29) is 112 Å². The molecule has 3 aliphatic rings. The fraction of sp³-hybridized carbons (Fsp3) is 0.400. The van der Waals surface area contributed by atoms with Gasteiger partial charge in [0.15, 0.2) is 0 Å². The number of fused-ring (bicyclic) bond motifs is 1. The van der Waals surface area contributed by atoms with Crippen LogP contribution in [0.1, 0.15) is 18.5 Å². The Labute approximate surface area is 379 Å². The second kappa shape index (κ2) is 21.1. The number of carboxylic acid groups (broad SMARTS) is 3. The largest absolute Gasteiger partial charge is 1.00 e. The number of carbonyl (C=O) groups is 9. The maximum atomic E-state index is 13.9. The number of nitrogens with one attached hydrogen (secondary N) is 3. The van der Waals surface area contributed by atoms with E-state index < -0.39 is 96.0 Å². The van der Waals surface area contributed by atoms with E-state index in [1.54, 1.807) is 6.92 Å². The molecular weight excluding hydrogens is 833 g/mol. The number of amides is 7. The molecule has 0 aliphatic carbocycles. The number of hydrogen-bond donors (Lipinski definition) is 5. The molecule has 0 saturated carbocycles. The number of nitrogens with zero attached hydrogens (tertiary/aromatic N) is 7. The van der Waals surface area contributed by atoms with E-state index >= 15 is 0 Å². The van der Waals surface area contributed by atoms with Crippen molar-refractivity contribution in [2.45, 2.75) is 42.1 Å². The molecule has 0 bridgehead atoms. The van der Waals surface area contributed by atoms with Gasteiger partial charge in [-0.3, -0.25) is 39.1 Å². The van der Waals surface area contributed by atoms with Gasteiger partial charge in [0, 0.05) is 36.8 Å². The molecule has 2 aromatic rings. The first-order valence-electron chi connectivity index (χ1n) is 16.3. The third kappa shape index (κ3) is 11.1. The number of likely N-dealkylation sites (N-methyl/N-ethyl adjacent to an activating group) is 1. The van der Waals surface area contributed by atoms with Crippen LogP contribution < -0.4 is 91.0 Å². The molecule has 298 valence electrons. The van der Waals surface area contributed by atoms with E-state index in [2.05, 4.69) is 31.5 Å². The second-order valence-electron chi connectivity index (χ2n) is 11.9. The van der Waals surface area contributed by atoms with Gasteiger partial charge in [0.1, 0.15) is 30.6 Å². The van der Waals surface area contributed by atoms with Crippen molar-refractivity contribution in [2.75, 3.05) is 43.1 Å². The number of carbonyl (C=O) groups excluding carboxylic acids is 8. The monoisotopic (exact) mass is 863 g/mol. The Kier molecular flexibility index (Phi) is 17.5. The number of anilines is 1. The molecule has 0 spiro atoms. The van der Waals surface area contributed by atoms with Gasteiger partial charge in [-0.15, -0.1) is 16.9 Å². The van der Waals surface area contributed by atoms with E-state index in [4.69, 9.17) is 15.6 Å². The predicted molar refractivity (Wildman–Crippen MR) is 183 cm³/mol. The first-order valence-corrected chi connectivity index (χ1v) is 18.3. The molecule has 4 atom stereocenters. The third-order valence-corrected chi connectivity index (χ3v) is 10.7. The number of nitrogens with two attached hydrogens (primary N) is 1. The fourth-order valence-electron chi connectivity index (χ4n) is 5.52. The topological polar surface area (TPSA) is 345 Å². The standard InChI is InChI=1S/C30H33N11O13S2.2Na/c1-2-38-7-8-39(24(47)23(38)46)28(52)34-18(13-3-5-15(6-4-13)32-30(53)54-10-16(31)26(48)49)21(44)33-19-22(45)41-20(27(50)51)14(11-55-25(19)41)12-56-29-35-36-37-40(29)9-17(42)43;;/h3-6,16,18-19,25H,2,7-12,31H2,1H3,(H,32,53)(H,33,44)(H,34,52)(H,42,43)(H,48,49)(H,50,51);;/q;2*+1/p-2/t16-,18-,19-,25+;;/m1../s1. The number of thioether (sulfide) groups is 2. The zero-order chi connectivity index (χ0) is 40.8. The summed E-state index contributed by atoms with van der Waals surface area (Å²) in [5.41, 5.74) is 5.23. The van der Waals surface area contributed by atoms with Crippen LogP contribution in [-0.4, -0.2) is 149 Å². The Bertz CT molecular complexity index is 2010. The fourth-order valence-corrected chi connectivity index (χ4v) is 7.88. The summed E-state index contributed by atoms with van der Waals surface area (Å²) in [6.07, 6.45) is -1.07. The summed E-state index contributed by atoms with van der Waals surface area (Å²) in [6.45, 7) is 0.480. The smallest absolute Gasteiger partial charge is 0.548 e. The van der Waals surface area contributed by atoms with E-state index in [0.717, 1.165) is 33.1 Å². The Morgan fingerprint density at radius 3 is 2.38 bits per heavy atom. The average molecular weight is 864 g/mol. The first kappa shape index (κ1) is 48.1. The van der Waals surface area contributed by atoms with Crippen molar-refractivity contribution in [1.82, 2.24) is 45.5 Å². The number of carboxylic acids is 3. The van der Waals surface area contributed by atoms with Crippen LogP contribution in [0.2, 0.25) is 0 Å². The van der Waals surface area contributed by atoms with Crippen molar-refractivity contribution in [3.63, 3.8) is 0 Å². The molecule has 24 nitrogen and oxygen atoms in total. The molecule has 1 aromatic carbocycles. The zero-order valence-corrected chi connectivity index (χ0v) is 36.6. The van der Waals surface area contributed by atoms with Gasteiger partial charge in [0.2, 0.25) is 11.1 Å². The van der Waals surface area contributed by atoms with Crippen LogP contribution in [0.3, 0.4) is 0 Å². The van der Waals surface area contributed by atoms with Crippen LogP contribution in [0.15, 0.2) is 40.7 Å². The molecular formula is C30H31N11Na2O13S2. The van der Waals surface area contributed by atoms with E-state index in [9.17, 15) is 53.4 Å². The van der Waals surface area contributed by atoms with Gasteiger partial charge in [-0.1, -0.05) is 23.9 Å². The number of aliphatic carboxylic acids is 3. The Morgan fingerprint density at radius 1 is 1.07 bits per heavy atom. The van der Waals surface area contributed by atoms with Crippen molar-refractivity contribution in [1.29, 1.82) is 0 Å². The van der Waals surface area contributed by atoms with Crippen LogP contribution in [-0.2, 0) is 44.8 Å². The summed E-state index contributed by atoms with van der Waals surface area (Å²) in [4.78, 5) is 115. The number of benzene rings is 1. The van der Waals surface area contributed by atoms with Crippen LogP contribution in [0.5, 0.6) is 0 Å². The Balaban J connectivity index is 0.00000450. The number of imide groups is 1. The number of β-lactam (4-membered cyclic amide) rings is 1. The molecule has 7 amide bonds. The van der Waals surface area contributed by atoms with Gasteiger partial charge in [-0.05, 0) is 40.6 Å². The number of rotatable bonds is 15. The van der Waals surface area contributed by atoms with Gasteiger partial charge >= 0.3 is 89.0 Å². The summed E-state index contributed by atoms with van der Waals surface area (Å²) >= 11 is 2.04. The van der Waals surface area contributed by atoms with Gasteiger partial charge in [-0.25, -0.2) is 14.3 Å². The molecule has 2 saturated heterocycles. The summed E-state index contributed by atoms with van der Waals surface area (Å²) in [7, 11) is 0. The van der Waals surface area contributed by atoms with E-state index in [0.29, 0.717) is 4.90 Å². The quantitative estimate of drug-likeness (QED) is 0.0480. The van der Waals surface area contributed by atoms with Gasteiger partial charge in [-0.2, -0.15) is 0 Å². The first-order chi connectivity index (χ1) is 26.6. The Hall–Kier alpha value is -4.28. The number of tetrazole rings is 1. The minimum atomic E-state index is -1.68. The maximum Gasteiger partial charge on any atom is 1.00 e. The van der Waals surface area contributed by atoms with Crippen molar-refractivity contribution in [3.05, 3.63) is 41.1 Å². The van der Waals surface area contributed by atoms with Crippen LogP contribution in [0.4, 0.5) is 15.3 Å². The third-order valence-electron chi connectivity index (χ3n) is 8.35. The number of urea groups is 1. The summed E-state index contributed by atoms with van der Waals surface area (Å²) in [5, 5.41) is 49.3. The molecule has 3 aliphatic heterocycles. The molecule has 2 fully saturated rings. The summed E-state index contributed by atoms with van der Waals surface area (Å²) in [6, 6.07) is -0.417. The van der Waals surface area contributed by atoms with Crippen molar-refractivity contribution >= 4 is 82.9 Å². The number of aromatic nitrogens is 4. The van der Waals surface area contributed by atoms with Gasteiger partial charge in [0.25, 0.3) is 5.91 Å². The maximum absolute atomic E-state index is 13.9. The zero-order valence-electron chi connectivity index (χ0n) is 30.9. The normalized spacial score (nSPS) is 18.4. The van der Waals surface area contributed by atoms with Crippen molar-refractivity contribution in [3.8, 4) is 0 Å². The average Bonchev–Trinajstić information content (AvgIpc) is 3.60. The molecule has 58 heavy (non-hydrogen) atoms. The summed E-state index contributed by atoms with van der Waals surface area (Å²) in [5.74, 6) is -8.40. The molecule has 5 rings (SSSR count). The van der Waals surface area contributed by atoms with Crippen molar-refractivity contribution in [2.24, 2.45) is 5.73 Å². The van der Waals surface area contributed by atoms with E-state index in [1.807, 2.05) is 0 Å². The van der Waals surface area contributed by atoms with Crippen LogP contribution >= 0.6 is 23.5 Å². The number of hydrogen-bond acceptors (Lipinski definition) is 18. The number of ether oxygens (including phenoxy) is 1.